The molecule has 9 nitrogen and oxygen atoms in total. The average Bonchev–Trinajstić information content (AvgIpc) is 3.05. The van der Waals surface area contributed by atoms with E-state index in [0.717, 1.165) is 30.4 Å². The zero-order chi connectivity index (χ0) is 23.7. The van der Waals surface area contributed by atoms with Gasteiger partial charge in [0.15, 0.2) is 0 Å². The zero-order valence-electron chi connectivity index (χ0n) is 18.6. The van der Waals surface area contributed by atoms with Crippen LogP contribution in [-0.2, 0) is 21.4 Å². The lowest BCUT2D eigenvalue weighted by molar-refractivity contribution is -0.115. The molecular formula is C23H29N5O4S. The number of amidine groups is 1. The quantitative estimate of drug-likeness (QED) is 0.495. The average molecular weight is 472 g/mol. The van der Waals surface area contributed by atoms with Gasteiger partial charge in [-0.3, -0.25) is 14.5 Å². The second-order valence-electron chi connectivity index (χ2n) is 7.84. The van der Waals surface area contributed by atoms with Crippen molar-refractivity contribution in [2.24, 2.45) is 4.99 Å². The fraction of sp³-hybridized carbons (Fsp3) is 0.348. The van der Waals surface area contributed by atoms with Gasteiger partial charge in [-0.25, -0.2) is 13.2 Å². The molecule has 0 aromatic heterocycles. The molecule has 0 spiro atoms. The van der Waals surface area contributed by atoms with Crippen LogP contribution in [-0.4, -0.2) is 39.3 Å². The zero-order valence-corrected chi connectivity index (χ0v) is 19.4. The molecule has 3 rings (SSSR count). The number of rotatable bonds is 7. The SMILES string of the molecule is Cc1ccc(CNC(=O)NCC(=O)Nc2cccc(S(=O)(=O)NC3=NCCCCC3)c2)cc1. The fourth-order valence-corrected chi connectivity index (χ4v) is 4.36. The topological polar surface area (TPSA) is 129 Å². The van der Waals surface area contributed by atoms with E-state index >= 15 is 0 Å². The van der Waals surface area contributed by atoms with Crippen molar-refractivity contribution < 1.29 is 18.0 Å². The van der Waals surface area contributed by atoms with Crippen LogP contribution >= 0.6 is 0 Å². The summed E-state index contributed by atoms with van der Waals surface area (Å²) in [5.41, 5.74) is 2.39. The van der Waals surface area contributed by atoms with Crippen LogP contribution in [0.1, 0.15) is 36.8 Å². The number of aryl methyl sites for hydroxylation is 1. The number of hydrogen-bond donors (Lipinski definition) is 4. The molecule has 0 saturated carbocycles. The first-order valence-electron chi connectivity index (χ1n) is 10.9. The third-order valence-corrected chi connectivity index (χ3v) is 6.42. The largest absolute Gasteiger partial charge is 0.334 e. The molecule has 0 unspecified atom stereocenters. The van der Waals surface area contributed by atoms with Crippen LogP contribution in [0, 0.1) is 6.92 Å². The second kappa shape index (κ2) is 11.5. The Morgan fingerprint density at radius 1 is 1.00 bits per heavy atom. The first-order chi connectivity index (χ1) is 15.8. The number of carbonyl (C=O) groups is 2. The molecule has 0 aliphatic carbocycles. The van der Waals surface area contributed by atoms with Crippen LogP contribution in [0.15, 0.2) is 58.4 Å². The predicted octanol–water partition coefficient (Wildman–Crippen LogP) is 2.68. The molecule has 1 aliphatic heterocycles. The van der Waals surface area contributed by atoms with E-state index in [1.807, 2.05) is 31.2 Å². The standard InChI is InChI=1S/C23H29N5O4S/c1-17-9-11-18(12-10-17)15-25-23(30)26-16-22(29)27-19-6-5-7-20(14-19)33(31,32)28-21-8-3-2-4-13-24-21/h5-7,9-12,14H,2-4,8,13,15-16H2,1H3,(H,24,28)(H,27,29)(H2,25,26,30). The van der Waals surface area contributed by atoms with Gasteiger partial charge in [0.2, 0.25) is 5.91 Å². The van der Waals surface area contributed by atoms with Gasteiger partial charge in [-0.1, -0.05) is 42.3 Å². The maximum absolute atomic E-state index is 12.7. The lowest BCUT2D eigenvalue weighted by Gasteiger charge is -2.12. The van der Waals surface area contributed by atoms with Crippen LogP contribution in [0.2, 0.25) is 0 Å². The molecule has 0 atom stereocenters. The summed E-state index contributed by atoms with van der Waals surface area (Å²) in [7, 11) is -3.81. The molecule has 1 aliphatic rings. The molecule has 0 saturated heterocycles. The molecule has 0 radical (unpaired) electrons. The molecule has 1 heterocycles. The van der Waals surface area contributed by atoms with Crippen molar-refractivity contribution in [3.05, 3.63) is 59.7 Å². The molecule has 33 heavy (non-hydrogen) atoms. The van der Waals surface area contributed by atoms with E-state index in [2.05, 4.69) is 25.7 Å². The number of amides is 3. The number of benzene rings is 2. The summed E-state index contributed by atoms with van der Waals surface area (Å²) in [5.74, 6) is -0.0149. The summed E-state index contributed by atoms with van der Waals surface area (Å²) in [6.45, 7) is 2.67. The lowest BCUT2D eigenvalue weighted by atomic mass is 10.1. The highest BCUT2D eigenvalue weighted by atomic mass is 32.2. The molecular weight excluding hydrogens is 442 g/mol. The number of sulfonamides is 1. The van der Waals surface area contributed by atoms with E-state index in [1.54, 1.807) is 12.1 Å². The molecule has 4 N–H and O–H groups in total. The van der Waals surface area contributed by atoms with Crippen molar-refractivity contribution in [3.8, 4) is 0 Å². The molecule has 0 fully saturated rings. The summed E-state index contributed by atoms with van der Waals surface area (Å²) in [6, 6.07) is 13.2. The monoisotopic (exact) mass is 471 g/mol. The lowest BCUT2D eigenvalue weighted by Crippen LogP contribution is -2.39. The number of urea groups is 1. The third-order valence-electron chi connectivity index (χ3n) is 5.04. The van der Waals surface area contributed by atoms with Gasteiger partial charge in [0.25, 0.3) is 10.0 Å². The van der Waals surface area contributed by atoms with Crippen LogP contribution in [0.3, 0.4) is 0 Å². The molecule has 3 amide bonds. The molecule has 0 bridgehead atoms. The van der Waals surface area contributed by atoms with E-state index in [9.17, 15) is 18.0 Å². The first-order valence-corrected chi connectivity index (χ1v) is 12.3. The molecule has 2 aromatic rings. The van der Waals surface area contributed by atoms with E-state index in [1.165, 1.54) is 12.1 Å². The van der Waals surface area contributed by atoms with Gasteiger partial charge >= 0.3 is 6.03 Å². The van der Waals surface area contributed by atoms with Crippen molar-refractivity contribution in [2.45, 2.75) is 44.0 Å². The van der Waals surface area contributed by atoms with E-state index < -0.39 is 22.0 Å². The maximum Gasteiger partial charge on any atom is 0.315 e. The van der Waals surface area contributed by atoms with Crippen LogP contribution in [0.5, 0.6) is 0 Å². The minimum absolute atomic E-state index is 0.0241. The Morgan fingerprint density at radius 2 is 1.79 bits per heavy atom. The Balaban J connectivity index is 1.49. The Hall–Kier alpha value is -3.40. The highest BCUT2D eigenvalue weighted by Gasteiger charge is 2.18. The van der Waals surface area contributed by atoms with Crippen LogP contribution < -0.4 is 20.7 Å². The highest BCUT2D eigenvalue weighted by Crippen LogP contribution is 2.16. The Bertz CT molecular complexity index is 1110. The van der Waals surface area contributed by atoms with Crippen molar-refractivity contribution in [2.75, 3.05) is 18.4 Å². The number of anilines is 1. The smallest absolute Gasteiger partial charge is 0.315 e. The van der Waals surface area contributed by atoms with E-state index in [4.69, 9.17) is 0 Å². The van der Waals surface area contributed by atoms with Gasteiger partial charge in [-0.15, -0.1) is 0 Å². The Morgan fingerprint density at radius 3 is 2.58 bits per heavy atom. The number of hydrogen-bond acceptors (Lipinski definition) is 5. The summed E-state index contributed by atoms with van der Waals surface area (Å²) in [4.78, 5) is 28.5. The molecule has 10 heteroatoms. The summed E-state index contributed by atoms with van der Waals surface area (Å²) in [6.07, 6.45) is 3.45. The predicted molar refractivity (Wildman–Crippen MR) is 128 cm³/mol. The van der Waals surface area contributed by atoms with Crippen molar-refractivity contribution in [1.29, 1.82) is 0 Å². The van der Waals surface area contributed by atoms with Gasteiger partial charge in [-0.2, -0.15) is 0 Å². The van der Waals surface area contributed by atoms with Gasteiger partial charge < -0.3 is 16.0 Å². The van der Waals surface area contributed by atoms with Crippen LogP contribution in [0.4, 0.5) is 10.5 Å². The normalized spacial score (nSPS) is 13.9. The Kier molecular flexibility index (Phi) is 8.42. The molecule has 176 valence electrons. The number of carbonyl (C=O) groups excluding carboxylic acids is 2. The molecule has 2 aromatic carbocycles. The number of nitrogens with zero attached hydrogens (tertiary/aromatic N) is 1. The second-order valence-corrected chi connectivity index (χ2v) is 9.52. The van der Waals surface area contributed by atoms with Gasteiger partial charge in [0.1, 0.15) is 5.84 Å². The number of aliphatic imine (C=N–C) groups is 1. The van der Waals surface area contributed by atoms with E-state index in [-0.39, 0.29) is 11.4 Å². The van der Waals surface area contributed by atoms with Crippen molar-refractivity contribution in [3.63, 3.8) is 0 Å². The highest BCUT2D eigenvalue weighted by molar-refractivity contribution is 7.90. The number of nitrogens with one attached hydrogen (secondary N) is 4. The maximum atomic E-state index is 12.7. The fourth-order valence-electron chi connectivity index (χ4n) is 3.23. The van der Waals surface area contributed by atoms with Gasteiger partial charge in [0, 0.05) is 25.2 Å². The first kappa shape index (κ1) is 24.2. The van der Waals surface area contributed by atoms with Crippen molar-refractivity contribution >= 4 is 33.5 Å². The van der Waals surface area contributed by atoms with E-state index in [0.29, 0.717) is 31.0 Å². The van der Waals surface area contributed by atoms with Gasteiger partial charge in [-0.05, 0) is 43.5 Å². The van der Waals surface area contributed by atoms with Gasteiger partial charge in [0.05, 0.1) is 11.4 Å². The summed E-state index contributed by atoms with van der Waals surface area (Å²) < 4.78 is 28.0. The summed E-state index contributed by atoms with van der Waals surface area (Å²) >= 11 is 0. The Labute approximate surface area is 194 Å². The minimum atomic E-state index is -3.81. The van der Waals surface area contributed by atoms with Crippen molar-refractivity contribution in [1.82, 2.24) is 15.4 Å². The van der Waals surface area contributed by atoms with Crippen LogP contribution in [0.25, 0.3) is 0 Å². The third kappa shape index (κ3) is 7.90. The minimum Gasteiger partial charge on any atom is -0.334 e. The summed E-state index contributed by atoms with van der Waals surface area (Å²) in [5, 5.41) is 7.76.